The van der Waals surface area contributed by atoms with Crippen LogP contribution in [-0.2, 0) is 4.79 Å². The van der Waals surface area contributed by atoms with Gasteiger partial charge in [0.2, 0.25) is 5.91 Å². The number of rotatable bonds is 7. The van der Waals surface area contributed by atoms with E-state index in [1.54, 1.807) is 12.1 Å². The van der Waals surface area contributed by atoms with Crippen molar-refractivity contribution < 1.29 is 9.18 Å². The summed E-state index contributed by atoms with van der Waals surface area (Å²) < 4.78 is 13.1. The van der Waals surface area contributed by atoms with Crippen molar-refractivity contribution in [1.82, 2.24) is 15.5 Å². The zero-order valence-corrected chi connectivity index (χ0v) is 17.6. The summed E-state index contributed by atoms with van der Waals surface area (Å²) in [6.07, 6.45) is 3.87. The van der Waals surface area contributed by atoms with Crippen LogP contribution in [0.25, 0.3) is 0 Å². The van der Waals surface area contributed by atoms with Gasteiger partial charge < -0.3 is 20.9 Å². The van der Waals surface area contributed by atoms with Crippen molar-refractivity contribution in [3.05, 3.63) is 30.1 Å². The standard InChI is InChI=1S/C18H28FN5O.HI/c1-2-20-18(21-9-12-24-10-4-3-5-11-24)22-14-17(25)23-16-8-6-7-15(19)13-16;/h6-8,13H,2-5,9-12,14H2,1H3,(H,23,25)(H2,20,21,22);1H. The van der Waals surface area contributed by atoms with Gasteiger partial charge >= 0.3 is 0 Å². The van der Waals surface area contributed by atoms with Crippen LogP contribution in [-0.4, -0.2) is 56.0 Å². The Morgan fingerprint density at radius 3 is 2.69 bits per heavy atom. The molecule has 1 aliphatic heterocycles. The fourth-order valence-corrected chi connectivity index (χ4v) is 2.77. The number of piperidine rings is 1. The molecule has 8 heteroatoms. The number of anilines is 1. The van der Waals surface area contributed by atoms with Gasteiger partial charge in [-0.25, -0.2) is 9.38 Å². The van der Waals surface area contributed by atoms with Gasteiger partial charge in [0.1, 0.15) is 12.4 Å². The highest BCUT2D eigenvalue weighted by Gasteiger charge is 2.09. The second kappa shape index (κ2) is 12.9. The first kappa shape index (κ1) is 22.6. The van der Waals surface area contributed by atoms with Crippen LogP contribution in [0, 0.1) is 5.82 Å². The molecule has 0 bridgehead atoms. The SMILES string of the molecule is CCNC(=NCC(=O)Nc1cccc(F)c1)NCCN1CCCCC1.I. The Bertz CT molecular complexity index is 578. The number of halogens is 2. The van der Waals surface area contributed by atoms with E-state index in [-0.39, 0.29) is 42.2 Å². The largest absolute Gasteiger partial charge is 0.357 e. The van der Waals surface area contributed by atoms with Crippen LogP contribution in [0.3, 0.4) is 0 Å². The molecule has 26 heavy (non-hydrogen) atoms. The fourth-order valence-electron chi connectivity index (χ4n) is 2.77. The summed E-state index contributed by atoms with van der Waals surface area (Å²) in [6.45, 7) is 6.76. The van der Waals surface area contributed by atoms with Gasteiger partial charge in [0.05, 0.1) is 0 Å². The third kappa shape index (κ3) is 8.79. The van der Waals surface area contributed by atoms with Crippen LogP contribution in [0.15, 0.2) is 29.3 Å². The van der Waals surface area contributed by atoms with Crippen LogP contribution < -0.4 is 16.0 Å². The van der Waals surface area contributed by atoms with Gasteiger partial charge in [0, 0.05) is 25.3 Å². The summed E-state index contributed by atoms with van der Waals surface area (Å²) in [4.78, 5) is 18.7. The molecule has 0 spiro atoms. The van der Waals surface area contributed by atoms with Crippen LogP contribution in [0.1, 0.15) is 26.2 Å². The maximum Gasteiger partial charge on any atom is 0.246 e. The molecule has 0 atom stereocenters. The van der Waals surface area contributed by atoms with Crippen LogP contribution in [0.5, 0.6) is 0 Å². The van der Waals surface area contributed by atoms with Gasteiger partial charge in [-0.15, -0.1) is 24.0 Å². The molecule has 0 unspecified atom stereocenters. The number of carbonyl (C=O) groups is 1. The number of aliphatic imine (C=N–C) groups is 1. The van der Waals surface area contributed by atoms with E-state index < -0.39 is 0 Å². The Morgan fingerprint density at radius 1 is 1.23 bits per heavy atom. The molecule has 146 valence electrons. The molecule has 1 aromatic rings. The molecule has 1 saturated heterocycles. The van der Waals surface area contributed by atoms with Crippen LogP contribution in [0.4, 0.5) is 10.1 Å². The summed E-state index contributed by atoms with van der Waals surface area (Å²) >= 11 is 0. The summed E-state index contributed by atoms with van der Waals surface area (Å²) in [6, 6.07) is 5.82. The predicted octanol–water partition coefficient (Wildman–Crippen LogP) is 2.42. The number of hydrogen-bond donors (Lipinski definition) is 3. The first-order valence-corrected chi connectivity index (χ1v) is 8.97. The lowest BCUT2D eigenvalue weighted by Crippen LogP contribution is -2.43. The van der Waals surface area contributed by atoms with E-state index in [1.807, 2.05) is 6.92 Å². The molecular formula is C18H29FIN5O. The molecule has 3 N–H and O–H groups in total. The van der Waals surface area contributed by atoms with Crippen molar-refractivity contribution in [2.75, 3.05) is 44.6 Å². The molecule has 1 fully saturated rings. The first-order valence-electron chi connectivity index (χ1n) is 8.97. The number of carbonyl (C=O) groups excluding carboxylic acids is 1. The zero-order valence-electron chi connectivity index (χ0n) is 15.3. The minimum atomic E-state index is -0.381. The lowest BCUT2D eigenvalue weighted by molar-refractivity contribution is -0.114. The van der Waals surface area contributed by atoms with Gasteiger partial charge in [0.15, 0.2) is 5.96 Å². The fraction of sp³-hybridized carbons (Fsp3) is 0.556. The number of amides is 1. The first-order chi connectivity index (χ1) is 12.2. The average Bonchev–Trinajstić information content (AvgIpc) is 2.60. The number of benzene rings is 1. The molecule has 1 aliphatic rings. The van der Waals surface area contributed by atoms with Crippen LogP contribution in [0.2, 0.25) is 0 Å². The van der Waals surface area contributed by atoms with E-state index in [4.69, 9.17) is 0 Å². The number of nitrogens with zero attached hydrogens (tertiary/aromatic N) is 2. The van der Waals surface area contributed by atoms with E-state index in [1.165, 1.54) is 31.4 Å². The van der Waals surface area contributed by atoms with Crippen molar-refractivity contribution in [3.63, 3.8) is 0 Å². The number of guanidine groups is 1. The molecule has 0 saturated carbocycles. The highest BCUT2D eigenvalue weighted by atomic mass is 127. The van der Waals surface area contributed by atoms with Gasteiger partial charge in [-0.3, -0.25) is 4.79 Å². The molecule has 1 aromatic carbocycles. The van der Waals surface area contributed by atoms with Crippen LogP contribution >= 0.6 is 24.0 Å². The zero-order chi connectivity index (χ0) is 17.9. The molecule has 6 nitrogen and oxygen atoms in total. The molecule has 1 heterocycles. The second-order valence-electron chi connectivity index (χ2n) is 6.08. The second-order valence-corrected chi connectivity index (χ2v) is 6.08. The highest BCUT2D eigenvalue weighted by Crippen LogP contribution is 2.09. The molecule has 0 aromatic heterocycles. The number of likely N-dealkylation sites (tertiary alicyclic amines) is 1. The predicted molar refractivity (Wildman–Crippen MR) is 115 cm³/mol. The molecular weight excluding hydrogens is 448 g/mol. The van der Waals surface area contributed by atoms with Gasteiger partial charge in [-0.05, 0) is 51.1 Å². The number of nitrogens with one attached hydrogen (secondary N) is 3. The highest BCUT2D eigenvalue weighted by molar-refractivity contribution is 14.0. The van der Waals surface area contributed by atoms with E-state index in [2.05, 4.69) is 25.8 Å². The van der Waals surface area contributed by atoms with E-state index >= 15 is 0 Å². The monoisotopic (exact) mass is 477 g/mol. The number of hydrogen-bond acceptors (Lipinski definition) is 3. The smallest absolute Gasteiger partial charge is 0.246 e. The molecule has 2 rings (SSSR count). The maximum atomic E-state index is 13.1. The quantitative estimate of drug-likeness (QED) is 0.321. The minimum absolute atomic E-state index is 0. The summed E-state index contributed by atoms with van der Waals surface area (Å²) in [5, 5.41) is 9.02. The lowest BCUT2D eigenvalue weighted by Gasteiger charge is -2.26. The molecule has 1 amide bonds. The van der Waals surface area contributed by atoms with Crippen molar-refractivity contribution in [2.24, 2.45) is 4.99 Å². The Kier molecular flexibility index (Phi) is 11.2. The van der Waals surface area contributed by atoms with Gasteiger partial charge in [0.25, 0.3) is 0 Å². The summed E-state index contributed by atoms with van der Waals surface area (Å²) in [7, 11) is 0. The molecule has 0 radical (unpaired) electrons. The van der Waals surface area contributed by atoms with E-state index in [9.17, 15) is 9.18 Å². The van der Waals surface area contributed by atoms with Crippen molar-refractivity contribution in [2.45, 2.75) is 26.2 Å². The van der Waals surface area contributed by atoms with Crippen molar-refractivity contribution in [1.29, 1.82) is 0 Å². The van der Waals surface area contributed by atoms with Gasteiger partial charge in [-0.1, -0.05) is 12.5 Å². The Morgan fingerprint density at radius 2 is 2.00 bits per heavy atom. The maximum absolute atomic E-state index is 13.1. The molecule has 0 aliphatic carbocycles. The Hall–Kier alpha value is -1.42. The van der Waals surface area contributed by atoms with E-state index in [0.717, 1.165) is 32.7 Å². The normalized spacial score (nSPS) is 15.1. The Balaban J connectivity index is 0.00000338. The summed E-state index contributed by atoms with van der Waals surface area (Å²) in [5.41, 5.74) is 0.434. The van der Waals surface area contributed by atoms with E-state index in [0.29, 0.717) is 11.6 Å². The summed E-state index contributed by atoms with van der Waals surface area (Å²) in [5.74, 6) is -0.0400. The third-order valence-electron chi connectivity index (χ3n) is 4.00. The Labute approximate surface area is 172 Å². The van der Waals surface area contributed by atoms with Crippen molar-refractivity contribution in [3.8, 4) is 0 Å². The average molecular weight is 477 g/mol. The van der Waals surface area contributed by atoms with Crippen molar-refractivity contribution >= 4 is 41.5 Å². The third-order valence-corrected chi connectivity index (χ3v) is 4.00. The minimum Gasteiger partial charge on any atom is -0.357 e. The topological polar surface area (TPSA) is 68.8 Å². The van der Waals surface area contributed by atoms with Gasteiger partial charge in [-0.2, -0.15) is 0 Å². The lowest BCUT2D eigenvalue weighted by atomic mass is 10.1.